The van der Waals surface area contributed by atoms with E-state index in [0.717, 1.165) is 18.4 Å². The summed E-state index contributed by atoms with van der Waals surface area (Å²) in [5.41, 5.74) is 2.54. The van der Waals surface area contributed by atoms with Crippen LogP contribution >= 0.6 is 0 Å². The number of carboxylic acid groups (broad SMARTS) is 1. The van der Waals surface area contributed by atoms with E-state index in [0.29, 0.717) is 11.5 Å². The van der Waals surface area contributed by atoms with Crippen molar-refractivity contribution in [2.45, 2.75) is 33.6 Å². The van der Waals surface area contributed by atoms with E-state index >= 15 is 0 Å². The molecule has 0 bridgehead atoms. The molecule has 0 aliphatic heterocycles. The van der Waals surface area contributed by atoms with Crippen molar-refractivity contribution in [1.82, 2.24) is 0 Å². The van der Waals surface area contributed by atoms with Crippen molar-refractivity contribution in [3.8, 4) is 11.8 Å². The minimum atomic E-state index is -0.876. The van der Waals surface area contributed by atoms with Crippen LogP contribution in [0.3, 0.4) is 0 Å². The summed E-state index contributed by atoms with van der Waals surface area (Å²) >= 11 is 0. The molecule has 1 aromatic carbocycles. The lowest BCUT2D eigenvalue weighted by Gasteiger charge is -2.08. The molecule has 0 aliphatic carbocycles. The van der Waals surface area contributed by atoms with Gasteiger partial charge < -0.3 is 5.11 Å². The molecule has 1 N–H and O–H groups in total. The van der Waals surface area contributed by atoms with Crippen molar-refractivity contribution in [2.75, 3.05) is 0 Å². The third kappa shape index (κ3) is 3.96. The molecular formula is C15H18O2. The zero-order valence-corrected chi connectivity index (χ0v) is 10.6. The van der Waals surface area contributed by atoms with Gasteiger partial charge in [0, 0.05) is 12.3 Å². The average Bonchev–Trinajstić information content (AvgIpc) is 2.28. The molecule has 0 unspecified atom stereocenters. The normalized spacial score (nSPS) is 11.5. The average molecular weight is 230 g/mol. The maximum Gasteiger partial charge on any atom is 0.335 e. The third-order valence-corrected chi connectivity index (χ3v) is 2.64. The van der Waals surface area contributed by atoms with Gasteiger partial charge in [-0.1, -0.05) is 25.8 Å². The van der Waals surface area contributed by atoms with Crippen LogP contribution < -0.4 is 0 Å². The number of aryl methyl sites for hydroxylation is 1. The number of hydrogen-bond donors (Lipinski definition) is 1. The van der Waals surface area contributed by atoms with Crippen LogP contribution in [0.4, 0.5) is 0 Å². The Morgan fingerprint density at radius 3 is 2.71 bits per heavy atom. The predicted octanol–water partition coefficient (Wildman–Crippen LogP) is 3.29. The van der Waals surface area contributed by atoms with E-state index < -0.39 is 5.97 Å². The first-order chi connectivity index (χ1) is 8.04. The quantitative estimate of drug-likeness (QED) is 0.809. The Labute approximate surface area is 103 Å². The number of carbonyl (C=O) groups is 1. The SMILES string of the molecule is CCC#C[C@@H](C)Cc1ccc(C(=O)O)cc1C. The molecule has 0 spiro atoms. The Bertz CT molecular complexity index is 464. The summed E-state index contributed by atoms with van der Waals surface area (Å²) in [7, 11) is 0. The summed E-state index contributed by atoms with van der Waals surface area (Å²) < 4.78 is 0. The number of aromatic carboxylic acids is 1. The maximum absolute atomic E-state index is 10.8. The number of hydrogen-bond acceptors (Lipinski definition) is 1. The smallest absolute Gasteiger partial charge is 0.335 e. The first kappa shape index (κ1) is 13.3. The molecule has 90 valence electrons. The van der Waals surface area contributed by atoms with Crippen LogP contribution in [0.25, 0.3) is 0 Å². The largest absolute Gasteiger partial charge is 0.478 e. The molecule has 0 saturated carbocycles. The molecule has 0 amide bonds. The summed E-state index contributed by atoms with van der Waals surface area (Å²) in [6.07, 6.45) is 1.75. The highest BCUT2D eigenvalue weighted by atomic mass is 16.4. The molecule has 1 atom stereocenters. The van der Waals surface area contributed by atoms with E-state index in [9.17, 15) is 4.79 Å². The first-order valence-corrected chi connectivity index (χ1v) is 5.85. The van der Waals surface area contributed by atoms with Gasteiger partial charge in [0.2, 0.25) is 0 Å². The van der Waals surface area contributed by atoms with Crippen LogP contribution in [0.1, 0.15) is 41.8 Å². The molecule has 0 aliphatic rings. The van der Waals surface area contributed by atoms with Gasteiger partial charge in [-0.3, -0.25) is 0 Å². The van der Waals surface area contributed by atoms with Crippen molar-refractivity contribution < 1.29 is 9.90 Å². The minimum Gasteiger partial charge on any atom is -0.478 e. The van der Waals surface area contributed by atoms with Gasteiger partial charge in [-0.25, -0.2) is 4.79 Å². The Balaban J connectivity index is 2.82. The van der Waals surface area contributed by atoms with Crippen molar-refractivity contribution in [3.05, 3.63) is 34.9 Å². The monoisotopic (exact) mass is 230 g/mol. The minimum absolute atomic E-state index is 0.310. The molecule has 1 rings (SSSR count). The molecule has 1 aromatic rings. The highest BCUT2D eigenvalue weighted by Gasteiger charge is 2.07. The lowest BCUT2D eigenvalue weighted by atomic mass is 9.96. The fourth-order valence-electron chi connectivity index (χ4n) is 1.72. The van der Waals surface area contributed by atoms with Crippen LogP contribution in [0.2, 0.25) is 0 Å². The second-order valence-corrected chi connectivity index (χ2v) is 4.23. The van der Waals surface area contributed by atoms with Crippen LogP contribution in [0.5, 0.6) is 0 Å². The lowest BCUT2D eigenvalue weighted by molar-refractivity contribution is 0.0697. The Hall–Kier alpha value is -1.75. The molecular weight excluding hydrogens is 212 g/mol. The second kappa shape index (κ2) is 6.10. The van der Waals surface area contributed by atoms with Crippen LogP contribution in [-0.2, 0) is 6.42 Å². The third-order valence-electron chi connectivity index (χ3n) is 2.64. The van der Waals surface area contributed by atoms with Gasteiger partial charge in [0.15, 0.2) is 0 Å². The summed E-state index contributed by atoms with van der Waals surface area (Å²) in [6.45, 7) is 6.07. The molecule has 0 heterocycles. The fourth-order valence-corrected chi connectivity index (χ4v) is 1.72. The fraction of sp³-hybridized carbons (Fsp3) is 0.400. The van der Waals surface area contributed by atoms with Crippen molar-refractivity contribution in [3.63, 3.8) is 0 Å². The molecule has 0 saturated heterocycles. The van der Waals surface area contributed by atoms with Crippen molar-refractivity contribution >= 4 is 5.97 Å². The number of rotatable bonds is 3. The van der Waals surface area contributed by atoms with E-state index in [4.69, 9.17) is 5.11 Å². The van der Waals surface area contributed by atoms with Gasteiger partial charge in [0.25, 0.3) is 0 Å². The summed E-state index contributed by atoms with van der Waals surface area (Å²) in [5.74, 6) is 5.69. The molecule has 17 heavy (non-hydrogen) atoms. The zero-order chi connectivity index (χ0) is 12.8. The zero-order valence-electron chi connectivity index (χ0n) is 10.6. The molecule has 0 aromatic heterocycles. The molecule has 2 heteroatoms. The maximum atomic E-state index is 10.8. The van der Waals surface area contributed by atoms with Gasteiger partial charge in [-0.15, -0.1) is 5.92 Å². The van der Waals surface area contributed by atoms with E-state index in [-0.39, 0.29) is 0 Å². The van der Waals surface area contributed by atoms with Crippen LogP contribution in [-0.4, -0.2) is 11.1 Å². The van der Waals surface area contributed by atoms with Gasteiger partial charge in [-0.2, -0.15) is 0 Å². The Morgan fingerprint density at radius 2 is 2.18 bits per heavy atom. The van der Waals surface area contributed by atoms with E-state index in [1.807, 2.05) is 19.9 Å². The Kier molecular flexibility index (Phi) is 4.78. The topological polar surface area (TPSA) is 37.3 Å². The van der Waals surface area contributed by atoms with E-state index in [1.165, 1.54) is 5.56 Å². The molecule has 0 fully saturated rings. The molecule has 2 nitrogen and oxygen atoms in total. The van der Waals surface area contributed by atoms with Gasteiger partial charge in [0.1, 0.15) is 0 Å². The van der Waals surface area contributed by atoms with Crippen LogP contribution in [0, 0.1) is 24.7 Å². The van der Waals surface area contributed by atoms with Crippen molar-refractivity contribution in [1.29, 1.82) is 0 Å². The Morgan fingerprint density at radius 1 is 1.47 bits per heavy atom. The van der Waals surface area contributed by atoms with Gasteiger partial charge in [0.05, 0.1) is 5.56 Å². The van der Waals surface area contributed by atoms with E-state index in [2.05, 4.69) is 18.8 Å². The number of carboxylic acids is 1. The van der Waals surface area contributed by atoms with Crippen LogP contribution in [0.15, 0.2) is 18.2 Å². The summed E-state index contributed by atoms with van der Waals surface area (Å²) in [4.78, 5) is 10.8. The predicted molar refractivity (Wildman–Crippen MR) is 69.1 cm³/mol. The lowest BCUT2D eigenvalue weighted by Crippen LogP contribution is -2.02. The van der Waals surface area contributed by atoms with E-state index in [1.54, 1.807) is 12.1 Å². The standard InChI is InChI=1S/C15H18O2/c1-4-5-6-11(2)9-13-7-8-14(15(16)17)10-12(13)3/h7-8,10-11H,4,9H2,1-3H3,(H,16,17)/t11-/m1/s1. The first-order valence-electron chi connectivity index (χ1n) is 5.85. The summed E-state index contributed by atoms with van der Waals surface area (Å²) in [5, 5.41) is 8.88. The second-order valence-electron chi connectivity index (χ2n) is 4.23. The highest BCUT2D eigenvalue weighted by molar-refractivity contribution is 5.87. The molecule has 0 radical (unpaired) electrons. The summed E-state index contributed by atoms with van der Waals surface area (Å²) in [6, 6.07) is 5.27. The number of benzene rings is 1. The van der Waals surface area contributed by atoms with Crippen molar-refractivity contribution in [2.24, 2.45) is 5.92 Å². The highest BCUT2D eigenvalue weighted by Crippen LogP contribution is 2.15. The van der Waals surface area contributed by atoms with Gasteiger partial charge in [-0.05, 0) is 36.6 Å². The van der Waals surface area contributed by atoms with Gasteiger partial charge >= 0.3 is 5.97 Å².